The molecule has 2 heteroatoms. The summed E-state index contributed by atoms with van der Waals surface area (Å²) in [6.07, 6.45) is 4.54. The molecule has 0 spiro atoms. The van der Waals surface area contributed by atoms with Gasteiger partial charge in [0, 0.05) is 6.61 Å². The lowest BCUT2D eigenvalue weighted by Crippen LogP contribution is -2.22. The van der Waals surface area contributed by atoms with E-state index in [4.69, 9.17) is 9.84 Å². The van der Waals surface area contributed by atoms with Gasteiger partial charge in [0.05, 0.1) is 12.7 Å². The minimum absolute atomic E-state index is 0.147. The summed E-state index contributed by atoms with van der Waals surface area (Å²) in [4.78, 5) is 0. The highest BCUT2D eigenvalue weighted by molar-refractivity contribution is 5.02. The van der Waals surface area contributed by atoms with E-state index < -0.39 is 0 Å². The van der Waals surface area contributed by atoms with E-state index >= 15 is 0 Å². The molecule has 0 amide bonds. The van der Waals surface area contributed by atoms with Crippen LogP contribution in [0.15, 0.2) is 11.6 Å². The molecule has 0 unspecified atom stereocenters. The van der Waals surface area contributed by atoms with Crippen molar-refractivity contribution in [3.8, 4) is 0 Å². The Labute approximate surface area is 74.2 Å². The monoisotopic (exact) mass is 170 g/mol. The average molecular weight is 170 g/mol. The van der Waals surface area contributed by atoms with Gasteiger partial charge in [0.15, 0.2) is 0 Å². The van der Waals surface area contributed by atoms with E-state index in [1.807, 2.05) is 13.0 Å². The van der Waals surface area contributed by atoms with Gasteiger partial charge in [0.25, 0.3) is 0 Å². The normalized spacial score (nSPS) is 32.1. The van der Waals surface area contributed by atoms with Gasteiger partial charge in [-0.1, -0.05) is 13.0 Å². The number of rotatable bonds is 2. The van der Waals surface area contributed by atoms with Gasteiger partial charge in [-0.3, -0.25) is 0 Å². The van der Waals surface area contributed by atoms with E-state index in [1.165, 1.54) is 6.42 Å². The van der Waals surface area contributed by atoms with E-state index in [2.05, 4.69) is 6.92 Å². The summed E-state index contributed by atoms with van der Waals surface area (Å²) in [5, 5.41) is 8.81. The van der Waals surface area contributed by atoms with Crippen LogP contribution in [0.2, 0.25) is 0 Å². The van der Waals surface area contributed by atoms with Crippen molar-refractivity contribution in [2.24, 2.45) is 5.92 Å². The van der Waals surface area contributed by atoms with E-state index in [1.54, 1.807) is 0 Å². The van der Waals surface area contributed by atoms with Crippen LogP contribution in [0.1, 0.15) is 26.7 Å². The zero-order valence-corrected chi connectivity index (χ0v) is 7.92. The van der Waals surface area contributed by atoms with Gasteiger partial charge in [0.1, 0.15) is 0 Å². The van der Waals surface area contributed by atoms with Crippen LogP contribution in [0.4, 0.5) is 0 Å². The Bertz CT molecular complexity index is 163. The quantitative estimate of drug-likeness (QED) is 0.640. The molecular weight excluding hydrogens is 152 g/mol. The second kappa shape index (κ2) is 4.63. The molecule has 0 saturated carbocycles. The first-order valence-electron chi connectivity index (χ1n) is 4.62. The van der Waals surface area contributed by atoms with E-state index in [-0.39, 0.29) is 12.7 Å². The maximum atomic E-state index is 8.81. The Kier molecular flexibility index (Phi) is 3.76. The maximum Gasteiger partial charge on any atom is 0.0761 e. The highest BCUT2D eigenvalue weighted by Crippen LogP contribution is 2.20. The van der Waals surface area contributed by atoms with Crippen LogP contribution < -0.4 is 0 Å². The zero-order valence-electron chi connectivity index (χ0n) is 7.92. The van der Waals surface area contributed by atoms with Crippen LogP contribution >= 0.6 is 0 Å². The molecule has 12 heavy (non-hydrogen) atoms. The number of hydrogen-bond donors (Lipinski definition) is 1. The van der Waals surface area contributed by atoms with Crippen LogP contribution in [0, 0.1) is 5.92 Å². The molecule has 0 aromatic carbocycles. The van der Waals surface area contributed by atoms with Gasteiger partial charge >= 0.3 is 0 Å². The Morgan fingerprint density at radius 3 is 3.00 bits per heavy atom. The fourth-order valence-electron chi connectivity index (χ4n) is 1.49. The molecule has 1 aliphatic rings. The number of aliphatic hydroxyl groups is 1. The molecule has 0 aliphatic carbocycles. The summed E-state index contributed by atoms with van der Waals surface area (Å²) in [6, 6.07) is 0. The molecule has 1 heterocycles. The van der Waals surface area contributed by atoms with Crippen LogP contribution in [-0.2, 0) is 4.74 Å². The summed E-state index contributed by atoms with van der Waals surface area (Å²) in [7, 11) is 0. The Hall–Kier alpha value is -0.340. The fourth-order valence-corrected chi connectivity index (χ4v) is 1.49. The lowest BCUT2D eigenvalue weighted by molar-refractivity contribution is 0.0232. The first kappa shape index (κ1) is 9.75. The van der Waals surface area contributed by atoms with Crippen LogP contribution in [0.3, 0.4) is 0 Å². The molecule has 0 radical (unpaired) electrons. The number of hydrogen-bond acceptors (Lipinski definition) is 2. The lowest BCUT2D eigenvalue weighted by atomic mass is 9.97. The minimum atomic E-state index is 0.147. The Morgan fingerprint density at radius 1 is 1.67 bits per heavy atom. The Balaban J connectivity index is 2.41. The van der Waals surface area contributed by atoms with Crippen molar-refractivity contribution >= 4 is 0 Å². The molecule has 1 N–H and O–H groups in total. The van der Waals surface area contributed by atoms with Gasteiger partial charge in [-0.2, -0.15) is 0 Å². The summed E-state index contributed by atoms with van der Waals surface area (Å²) in [5.74, 6) is 0.756. The molecule has 1 fully saturated rings. The van der Waals surface area contributed by atoms with Crippen LogP contribution in [0.25, 0.3) is 0 Å². The third-order valence-electron chi connectivity index (χ3n) is 2.30. The largest absolute Gasteiger partial charge is 0.392 e. The first-order valence-corrected chi connectivity index (χ1v) is 4.62. The third kappa shape index (κ3) is 2.95. The molecule has 0 bridgehead atoms. The maximum absolute atomic E-state index is 8.81. The second-order valence-electron chi connectivity index (χ2n) is 3.71. The van der Waals surface area contributed by atoms with E-state index in [9.17, 15) is 0 Å². The molecule has 2 atom stereocenters. The van der Waals surface area contributed by atoms with Crippen molar-refractivity contribution in [2.75, 3.05) is 13.2 Å². The van der Waals surface area contributed by atoms with Crippen molar-refractivity contribution in [1.29, 1.82) is 0 Å². The number of ether oxygens (including phenoxy) is 1. The van der Waals surface area contributed by atoms with E-state index in [0.29, 0.717) is 0 Å². The van der Waals surface area contributed by atoms with Crippen LogP contribution in [-0.4, -0.2) is 24.4 Å². The molecule has 0 aromatic heterocycles. The fraction of sp³-hybridized carbons (Fsp3) is 0.800. The number of aliphatic hydroxyl groups excluding tert-OH is 1. The first-order chi connectivity index (χ1) is 5.72. The predicted octanol–water partition coefficient (Wildman–Crippen LogP) is 1.74. The smallest absolute Gasteiger partial charge is 0.0761 e. The molecule has 1 saturated heterocycles. The van der Waals surface area contributed by atoms with Crippen molar-refractivity contribution in [2.45, 2.75) is 32.8 Å². The van der Waals surface area contributed by atoms with E-state index in [0.717, 1.165) is 24.5 Å². The molecule has 70 valence electrons. The van der Waals surface area contributed by atoms with Crippen molar-refractivity contribution < 1.29 is 9.84 Å². The molecule has 2 nitrogen and oxygen atoms in total. The molecule has 1 aliphatic heterocycles. The van der Waals surface area contributed by atoms with Crippen LogP contribution in [0.5, 0.6) is 0 Å². The predicted molar refractivity (Wildman–Crippen MR) is 49.0 cm³/mol. The van der Waals surface area contributed by atoms with Crippen molar-refractivity contribution in [3.05, 3.63) is 11.6 Å². The van der Waals surface area contributed by atoms with Gasteiger partial charge in [-0.25, -0.2) is 0 Å². The van der Waals surface area contributed by atoms with Gasteiger partial charge in [-0.05, 0) is 31.3 Å². The third-order valence-corrected chi connectivity index (χ3v) is 2.30. The van der Waals surface area contributed by atoms with Gasteiger partial charge in [0.2, 0.25) is 0 Å². The Morgan fingerprint density at radius 2 is 2.42 bits per heavy atom. The standard InChI is InChI=1S/C10H18O2/c1-8-3-4-12-10(5-8)6-9(2)7-11/h6,8,10-11H,3-5,7H2,1-2H3/b9-6+/t8-,10+/m0/s1. The summed E-state index contributed by atoms with van der Waals surface area (Å²) < 4.78 is 5.53. The average Bonchev–Trinajstić information content (AvgIpc) is 2.04. The molecular formula is C10H18O2. The van der Waals surface area contributed by atoms with Crippen molar-refractivity contribution in [1.82, 2.24) is 0 Å². The van der Waals surface area contributed by atoms with Crippen molar-refractivity contribution in [3.63, 3.8) is 0 Å². The zero-order chi connectivity index (χ0) is 8.97. The summed E-state index contributed by atoms with van der Waals surface area (Å²) in [5.41, 5.74) is 1.01. The highest BCUT2D eigenvalue weighted by atomic mass is 16.5. The minimum Gasteiger partial charge on any atom is -0.392 e. The molecule has 0 aromatic rings. The summed E-state index contributed by atoms with van der Waals surface area (Å²) in [6.45, 7) is 5.19. The van der Waals surface area contributed by atoms with Gasteiger partial charge < -0.3 is 9.84 Å². The second-order valence-corrected chi connectivity index (χ2v) is 3.71. The van der Waals surface area contributed by atoms with Gasteiger partial charge in [-0.15, -0.1) is 0 Å². The topological polar surface area (TPSA) is 29.5 Å². The SMILES string of the molecule is C/C(=C\[C@H]1C[C@@H](C)CCO1)CO. The summed E-state index contributed by atoms with van der Waals surface area (Å²) >= 11 is 0. The lowest BCUT2D eigenvalue weighted by Gasteiger charge is -2.25. The molecule has 1 rings (SSSR count). The highest BCUT2D eigenvalue weighted by Gasteiger charge is 2.17.